The summed E-state index contributed by atoms with van der Waals surface area (Å²) in [5, 5.41) is 41.1. The molecule has 3 aromatic rings. The van der Waals surface area contributed by atoms with E-state index in [1.165, 1.54) is 33.1 Å². The summed E-state index contributed by atoms with van der Waals surface area (Å²) in [5.41, 5.74) is -0.615. The molecule has 0 aliphatic heterocycles. The maximum Gasteiger partial charge on any atom is 0.308 e. The number of carbonyl (C=O) groups excluding carboxylic acids is 3. The van der Waals surface area contributed by atoms with Gasteiger partial charge in [0, 0.05) is 12.5 Å². The number of aliphatic hydroxyl groups is 1. The van der Waals surface area contributed by atoms with E-state index in [4.69, 9.17) is 18.7 Å². The van der Waals surface area contributed by atoms with Gasteiger partial charge >= 0.3 is 5.97 Å². The van der Waals surface area contributed by atoms with Crippen LogP contribution in [0.5, 0.6) is 28.7 Å². The molecule has 1 aromatic heterocycles. The van der Waals surface area contributed by atoms with Crippen molar-refractivity contribution in [1.82, 2.24) is 0 Å². The number of ketones is 1. The Morgan fingerprint density at radius 3 is 1.84 bits per heavy atom. The van der Waals surface area contributed by atoms with Crippen LogP contribution in [0.15, 0.2) is 25.5 Å². The van der Waals surface area contributed by atoms with Crippen molar-refractivity contribution in [3.63, 3.8) is 0 Å². The molecule has 2 aromatic carbocycles. The lowest BCUT2D eigenvalue weighted by Gasteiger charge is -2.11. The molecule has 3 rings (SSSR count). The topological polar surface area (TPSA) is 164 Å². The van der Waals surface area contributed by atoms with Gasteiger partial charge in [-0.1, -0.05) is 27.7 Å². The van der Waals surface area contributed by atoms with Crippen molar-refractivity contribution >= 4 is 60.9 Å². The number of hydrogen-bond donors (Lipinski definition) is 4. The third-order valence-corrected chi connectivity index (χ3v) is 5.54. The molecule has 0 bridgehead atoms. The fourth-order valence-electron chi connectivity index (χ4n) is 3.07. The molecule has 4 N–H and O–H groups in total. The van der Waals surface area contributed by atoms with Gasteiger partial charge in [-0.15, -0.1) is 0 Å². The van der Waals surface area contributed by atoms with Gasteiger partial charge < -0.3 is 39.1 Å². The van der Waals surface area contributed by atoms with Gasteiger partial charge in [0.2, 0.25) is 17.2 Å². The summed E-state index contributed by atoms with van der Waals surface area (Å²) in [6.45, 7) is 11.8. The first-order valence-electron chi connectivity index (χ1n) is 11.5. The lowest BCUT2D eigenvalue weighted by molar-refractivity contribution is -0.132. The molecule has 0 aliphatic carbocycles. The monoisotopic (exact) mass is 662 g/mol. The zero-order valence-electron chi connectivity index (χ0n) is 22.3. The number of benzene rings is 2. The summed E-state index contributed by atoms with van der Waals surface area (Å²) in [4.78, 5) is 33.5. The number of rotatable bonds is 5. The Balaban J connectivity index is 0.00000179. The van der Waals surface area contributed by atoms with E-state index in [0.717, 1.165) is 13.2 Å². The highest BCUT2D eigenvalue weighted by atomic mass is 79.9. The van der Waals surface area contributed by atoms with Crippen LogP contribution in [0.1, 0.15) is 76.3 Å². The number of esters is 1. The van der Waals surface area contributed by atoms with Crippen molar-refractivity contribution in [2.45, 2.75) is 54.6 Å². The van der Waals surface area contributed by atoms with Crippen LogP contribution in [0, 0.1) is 0 Å². The number of aliphatic hydroxyl groups excluding tert-OH is 1. The molecule has 0 amide bonds. The number of hydrogen-bond acceptors (Lipinski definition) is 10. The zero-order valence-corrected chi connectivity index (χ0v) is 25.5. The minimum absolute atomic E-state index is 0.117. The average molecular weight is 664 g/mol. The third kappa shape index (κ3) is 7.49. The van der Waals surface area contributed by atoms with Gasteiger partial charge in [-0.05, 0) is 57.8 Å². The second-order valence-corrected chi connectivity index (χ2v) is 8.44. The van der Waals surface area contributed by atoms with E-state index < -0.39 is 46.4 Å². The number of aromatic hydroxyl groups is 3. The Morgan fingerprint density at radius 1 is 0.974 bits per heavy atom. The molecule has 1 atom stereocenters. The molecule has 1 unspecified atom stereocenters. The summed E-state index contributed by atoms with van der Waals surface area (Å²) in [7, 11) is 1.45. The standard InChI is InChI=1S/C20H16Br2O9.C2H4O.2C2H6/c1-6(23)17-11(13(25)8-4-9(21)18(29-3)10(22)5-8)12-14(26)15(27)20(30-7(2)24)16(28)19(12)31-17;1-2-3;2*1-2/h4-6,23,26-28H,1-3H3;2H,1H3;2*1-2H3. The molecule has 0 aliphatic rings. The van der Waals surface area contributed by atoms with Gasteiger partial charge in [-0.2, -0.15) is 0 Å². The Labute approximate surface area is 237 Å². The second-order valence-electron chi connectivity index (χ2n) is 6.73. The first kappa shape index (κ1) is 34.9. The van der Waals surface area contributed by atoms with E-state index in [-0.39, 0.29) is 22.3 Å². The maximum absolute atomic E-state index is 13.4. The molecule has 210 valence electrons. The normalized spacial score (nSPS) is 10.5. The lowest BCUT2D eigenvalue weighted by Crippen LogP contribution is -2.06. The van der Waals surface area contributed by atoms with E-state index in [1.807, 2.05) is 27.7 Å². The zero-order chi connectivity index (χ0) is 29.9. The Morgan fingerprint density at radius 2 is 1.45 bits per heavy atom. The van der Waals surface area contributed by atoms with Gasteiger partial charge in [0.05, 0.1) is 27.0 Å². The van der Waals surface area contributed by atoms with Crippen LogP contribution in [-0.2, 0) is 9.59 Å². The first-order valence-corrected chi connectivity index (χ1v) is 13.1. The minimum atomic E-state index is -1.32. The lowest BCUT2D eigenvalue weighted by atomic mass is 9.97. The van der Waals surface area contributed by atoms with E-state index in [0.29, 0.717) is 14.7 Å². The molecule has 38 heavy (non-hydrogen) atoms. The van der Waals surface area contributed by atoms with Crippen molar-refractivity contribution in [3.8, 4) is 28.7 Å². The van der Waals surface area contributed by atoms with Gasteiger partial charge in [0.25, 0.3) is 0 Å². The highest BCUT2D eigenvalue weighted by Gasteiger charge is 2.33. The summed E-state index contributed by atoms with van der Waals surface area (Å²) in [5.74, 6) is -4.79. The molecule has 0 spiro atoms. The predicted octanol–water partition coefficient (Wildman–Crippen LogP) is 6.55. The van der Waals surface area contributed by atoms with Crippen LogP contribution < -0.4 is 9.47 Å². The van der Waals surface area contributed by atoms with Crippen LogP contribution >= 0.6 is 31.9 Å². The first-order chi connectivity index (χ1) is 17.9. The number of fused-ring (bicyclic) bond motifs is 1. The Bertz CT molecular complexity index is 1260. The largest absolute Gasteiger partial charge is 0.504 e. The molecule has 10 nitrogen and oxygen atoms in total. The number of carbonyl (C=O) groups is 3. The molecule has 0 fully saturated rings. The SMILES string of the molecule is CC.CC.CC=O.COc1c(Br)cc(C(=O)c2c(C(C)O)oc3c(O)c(OC(C)=O)c(O)c(O)c23)cc1Br. The van der Waals surface area contributed by atoms with Gasteiger partial charge in [0.15, 0.2) is 17.1 Å². The number of furan rings is 1. The molecular weight excluding hydrogens is 632 g/mol. The number of halogens is 2. The second kappa shape index (κ2) is 16.0. The predicted molar refractivity (Wildman–Crippen MR) is 149 cm³/mol. The summed E-state index contributed by atoms with van der Waals surface area (Å²) in [6.07, 6.45) is -0.574. The summed E-state index contributed by atoms with van der Waals surface area (Å²) >= 11 is 6.60. The Hall–Kier alpha value is -3.09. The summed E-state index contributed by atoms with van der Waals surface area (Å²) < 4.78 is 16.3. The van der Waals surface area contributed by atoms with Crippen LogP contribution in [0.2, 0.25) is 0 Å². The van der Waals surface area contributed by atoms with Crippen molar-refractivity contribution in [3.05, 3.63) is 38.0 Å². The van der Waals surface area contributed by atoms with Gasteiger partial charge in [-0.25, -0.2) is 0 Å². The van der Waals surface area contributed by atoms with Crippen molar-refractivity contribution < 1.29 is 48.7 Å². The van der Waals surface area contributed by atoms with E-state index >= 15 is 0 Å². The quantitative estimate of drug-likeness (QED) is 0.0587. The third-order valence-electron chi connectivity index (χ3n) is 4.36. The minimum Gasteiger partial charge on any atom is -0.504 e. The van der Waals surface area contributed by atoms with E-state index in [1.54, 1.807) is 0 Å². The highest BCUT2D eigenvalue weighted by molar-refractivity contribution is 9.11. The number of phenolic OH excluding ortho intramolecular Hbond substituents is 3. The summed E-state index contributed by atoms with van der Waals surface area (Å²) in [6, 6.07) is 2.92. The number of methoxy groups -OCH3 is 1. The molecule has 0 radical (unpaired) electrons. The fourth-order valence-corrected chi connectivity index (χ4v) is 4.58. The molecule has 1 heterocycles. The van der Waals surface area contributed by atoms with Crippen LogP contribution in [-0.4, -0.2) is 45.6 Å². The van der Waals surface area contributed by atoms with Gasteiger partial charge in [-0.3, -0.25) is 9.59 Å². The molecule has 0 saturated heterocycles. The van der Waals surface area contributed by atoms with E-state index in [9.17, 15) is 30.0 Å². The molecule has 12 heteroatoms. The fraction of sp³-hybridized carbons (Fsp3) is 0.346. The van der Waals surface area contributed by atoms with Crippen molar-refractivity contribution in [2.75, 3.05) is 7.11 Å². The van der Waals surface area contributed by atoms with Crippen LogP contribution in [0.4, 0.5) is 0 Å². The van der Waals surface area contributed by atoms with Crippen molar-refractivity contribution in [2.24, 2.45) is 0 Å². The average Bonchev–Trinajstić information content (AvgIpc) is 3.29. The number of ether oxygens (including phenoxy) is 2. The van der Waals surface area contributed by atoms with Crippen LogP contribution in [0.3, 0.4) is 0 Å². The van der Waals surface area contributed by atoms with Gasteiger partial charge in [0.1, 0.15) is 23.9 Å². The molecular formula is C26H32Br2O10. The smallest absolute Gasteiger partial charge is 0.308 e. The molecule has 0 saturated carbocycles. The van der Waals surface area contributed by atoms with E-state index in [2.05, 4.69) is 31.9 Å². The number of aldehydes is 1. The number of phenols is 3. The Kier molecular flexibility index (Phi) is 14.7. The maximum atomic E-state index is 13.4. The van der Waals surface area contributed by atoms with Crippen LogP contribution in [0.25, 0.3) is 11.0 Å². The van der Waals surface area contributed by atoms with Crippen molar-refractivity contribution in [1.29, 1.82) is 0 Å². The highest BCUT2D eigenvalue weighted by Crippen LogP contribution is 2.53.